The zero-order chi connectivity index (χ0) is 27.4. The predicted octanol–water partition coefficient (Wildman–Crippen LogP) is 4.31. The van der Waals surface area contributed by atoms with E-state index in [1.54, 1.807) is 12.3 Å². The predicted molar refractivity (Wildman–Crippen MR) is 155 cm³/mol. The van der Waals surface area contributed by atoms with Crippen LogP contribution in [0.25, 0.3) is 10.9 Å². The van der Waals surface area contributed by atoms with Gasteiger partial charge in [-0.05, 0) is 59.4 Å². The van der Waals surface area contributed by atoms with E-state index in [-0.39, 0.29) is 29.2 Å². The van der Waals surface area contributed by atoms with E-state index in [1.807, 2.05) is 26.8 Å². The zero-order valence-corrected chi connectivity index (χ0v) is 24.1. The molecule has 9 nitrogen and oxygen atoms in total. The number of nitrogens with zero attached hydrogens (tertiary/aromatic N) is 5. The standard InChI is InChI=1S/C27H37ClN6O3S/c1-17(2)36-13-12-34-16-32-20-6-7-21(24(28)23(20)26(34)35)38-22(30-5)14-31-19(4)33-10-8-27(9-11-33)15-37-18(3)25(27)29/h6-7,14,16-18,25H,5,8-13,15,29H2,1-4H3/b22-14+,31-19?/t18-,25+/m0/s1. The third kappa shape index (κ3) is 6.15. The number of aliphatic imine (C=N–C) groups is 2. The molecule has 2 atom stereocenters. The number of fused-ring (bicyclic) bond motifs is 1. The van der Waals surface area contributed by atoms with Gasteiger partial charge in [-0.3, -0.25) is 14.4 Å². The summed E-state index contributed by atoms with van der Waals surface area (Å²) in [6, 6.07) is 3.70. The summed E-state index contributed by atoms with van der Waals surface area (Å²) in [4.78, 5) is 29.3. The number of likely N-dealkylation sites (tertiary alicyclic amines) is 1. The molecule has 3 heterocycles. The highest BCUT2D eigenvalue weighted by Crippen LogP contribution is 2.41. The minimum Gasteiger partial charge on any atom is -0.377 e. The van der Waals surface area contributed by atoms with Gasteiger partial charge in [0, 0.05) is 29.4 Å². The highest BCUT2D eigenvalue weighted by Gasteiger charge is 2.47. The van der Waals surface area contributed by atoms with Crippen LogP contribution in [0.15, 0.2) is 49.4 Å². The Balaban J connectivity index is 1.47. The Kier molecular flexibility index (Phi) is 9.31. The molecule has 1 aromatic heterocycles. The van der Waals surface area contributed by atoms with Crippen molar-refractivity contribution in [3.63, 3.8) is 0 Å². The molecule has 0 radical (unpaired) electrons. The molecule has 2 fully saturated rings. The molecule has 2 aromatic rings. The SMILES string of the molecule is C=N/C(=C\N=C(C)N1CCC2(CC1)CO[C@@H](C)[C@H]2N)Sc1ccc2ncn(CCOC(C)C)c(=O)c2c1Cl. The van der Waals surface area contributed by atoms with Gasteiger partial charge in [0.05, 0.1) is 60.4 Å². The Bertz CT molecular complexity index is 1290. The summed E-state index contributed by atoms with van der Waals surface area (Å²) in [5.74, 6) is 0.905. The van der Waals surface area contributed by atoms with Gasteiger partial charge in [0.25, 0.3) is 5.56 Å². The molecule has 0 saturated carbocycles. The summed E-state index contributed by atoms with van der Waals surface area (Å²) >= 11 is 8.02. The van der Waals surface area contributed by atoms with Gasteiger partial charge in [-0.15, -0.1) is 0 Å². The first-order chi connectivity index (χ1) is 18.1. The Labute approximate surface area is 233 Å². The van der Waals surface area contributed by atoms with E-state index in [0.29, 0.717) is 39.0 Å². The van der Waals surface area contributed by atoms with E-state index in [1.165, 1.54) is 22.7 Å². The molecule has 2 aliphatic rings. The molecule has 11 heteroatoms. The van der Waals surface area contributed by atoms with E-state index in [0.717, 1.165) is 38.4 Å². The number of piperidine rings is 1. The van der Waals surface area contributed by atoms with E-state index < -0.39 is 0 Å². The van der Waals surface area contributed by atoms with Crippen molar-refractivity contribution in [2.75, 3.05) is 26.3 Å². The second kappa shape index (κ2) is 12.3. The summed E-state index contributed by atoms with van der Waals surface area (Å²) < 4.78 is 12.9. The van der Waals surface area contributed by atoms with Crippen molar-refractivity contribution in [1.82, 2.24) is 14.5 Å². The van der Waals surface area contributed by atoms with Crippen LogP contribution in [0.2, 0.25) is 5.02 Å². The Morgan fingerprint density at radius 2 is 2.16 bits per heavy atom. The summed E-state index contributed by atoms with van der Waals surface area (Å²) in [6.45, 7) is 15.0. The lowest BCUT2D eigenvalue weighted by molar-refractivity contribution is 0.0722. The third-order valence-electron chi connectivity index (χ3n) is 7.47. The highest BCUT2D eigenvalue weighted by atomic mass is 35.5. The van der Waals surface area contributed by atoms with Gasteiger partial charge in [0.2, 0.25) is 0 Å². The number of halogens is 1. The van der Waals surface area contributed by atoms with E-state index in [9.17, 15) is 4.79 Å². The smallest absolute Gasteiger partial charge is 0.262 e. The molecule has 1 aromatic carbocycles. The third-order valence-corrected chi connectivity index (χ3v) is 8.98. The topological polar surface area (TPSA) is 107 Å². The minimum absolute atomic E-state index is 0.0669. The van der Waals surface area contributed by atoms with Crippen molar-refractivity contribution in [3.8, 4) is 0 Å². The van der Waals surface area contributed by atoms with Crippen LogP contribution in [0, 0.1) is 5.41 Å². The molecule has 0 aliphatic carbocycles. The first kappa shape index (κ1) is 28.8. The first-order valence-corrected chi connectivity index (χ1v) is 14.1. The van der Waals surface area contributed by atoms with Gasteiger partial charge in [0.1, 0.15) is 10.9 Å². The van der Waals surface area contributed by atoms with Crippen LogP contribution in [0.5, 0.6) is 0 Å². The molecule has 206 valence electrons. The van der Waals surface area contributed by atoms with Gasteiger partial charge in [-0.1, -0.05) is 23.4 Å². The van der Waals surface area contributed by atoms with Crippen molar-refractivity contribution in [3.05, 3.63) is 45.1 Å². The quantitative estimate of drug-likeness (QED) is 0.291. The van der Waals surface area contributed by atoms with E-state index in [2.05, 4.69) is 33.5 Å². The Hall–Kier alpha value is -2.24. The number of hydrogen-bond donors (Lipinski definition) is 1. The fourth-order valence-corrected chi connectivity index (χ4v) is 6.08. The van der Waals surface area contributed by atoms with Crippen molar-refractivity contribution >= 4 is 46.8 Å². The molecule has 2 saturated heterocycles. The van der Waals surface area contributed by atoms with E-state index in [4.69, 9.17) is 26.8 Å². The van der Waals surface area contributed by atoms with Crippen LogP contribution < -0.4 is 11.3 Å². The van der Waals surface area contributed by atoms with Crippen molar-refractivity contribution in [2.45, 2.75) is 70.2 Å². The number of amidine groups is 1. The lowest BCUT2D eigenvalue weighted by Gasteiger charge is -2.41. The molecule has 0 unspecified atom stereocenters. The molecule has 1 spiro atoms. The van der Waals surface area contributed by atoms with Gasteiger partial charge in [0.15, 0.2) is 0 Å². The summed E-state index contributed by atoms with van der Waals surface area (Å²) in [5.41, 5.74) is 6.86. The molecular weight excluding hydrogens is 524 g/mol. The maximum absolute atomic E-state index is 13.1. The molecule has 2 aliphatic heterocycles. The number of thioether (sulfide) groups is 1. The van der Waals surface area contributed by atoms with Gasteiger partial charge in [-0.25, -0.2) is 9.98 Å². The number of aromatic nitrogens is 2. The summed E-state index contributed by atoms with van der Waals surface area (Å²) in [5, 5.41) is 1.29. The second-order valence-electron chi connectivity index (χ2n) is 10.2. The Morgan fingerprint density at radius 1 is 1.42 bits per heavy atom. The van der Waals surface area contributed by atoms with Crippen LogP contribution in [0.3, 0.4) is 0 Å². The van der Waals surface area contributed by atoms with Crippen molar-refractivity contribution < 1.29 is 9.47 Å². The number of nitrogens with two attached hydrogens (primary N) is 1. The normalized spacial score (nSPS) is 22.1. The molecular formula is C27H37ClN6O3S. The molecule has 4 rings (SSSR count). The monoisotopic (exact) mass is 560 g/mol. The molecule has 38 heavy (non-hydrogen) atoms. The highest BCUT2D eigenvalue weighted by molar-refractivity contribution is 8.03. The zero-order valence-electron chi connectivity index (χ0n) is 22.5. The summed E-state index contributed by atoms with van der Waals surface area (Å²) in [7, 11) is 0. The van der Waals surface area contributed by atoms with Crippen LogP contribution in [-0.4, -0.2) is 71.6 Å². The van der Waals surface area contributed by atoms with Crippen molar-refractivity contribution in [2.24, 2.45) is 21.1 Å². The summed E-state index contributed by atoms with van der Waals surface area (Å²) in [6.07, 6.45) is 5.38. The largest absolute Gasteiger partial charge is 0.377 e. The lowest BCUT2D eigenvalue weighted by Crippen LogP contribution is -2.51. The average Bonchev–Trinajstić information content (AvgIpc) is 3.17. The van der Waals surface area contributed by atoms with Crippen LogP contribution >= 0.6 is 23.4 Å². The average molecular weight is 561 g/mol. The van der Waals surface area contributed by atoms with Crippen LogP contribution in [0.1, 0.15) is 40.5 Å². The van der Waals surface area contributed by atoms with Gasteiger partial charge in [-0.2, -0.15) is 0 Å². The molecule has 2 N–H and O–H groups in total. The van der Waals surface area contributed by atoms with Crippen molar-refractivity contribution in [1.29, 1.82) is 0 Å². The second-order valence-corrected chi connectivity index (χ2v) is 11.7. The number of rotatable bonds is 8. The number of ether oxygens (including phenoxy) is 2. The van der Waals surface area contributed by atoms with Crippen LogP contribution in [0.4, 0.5) is 0 Å². The maximum atomic E-state index is 13.1. The van der Waals surface area contributed by atoms with Gasteiger partial charge < -0.3 is 20.1 Å². The molecule has 0 bridgehead atoms. The number of hydrogen-bond acceptors (Lipinski definition) is 8. The van der Waals surface area contributed by atoms with E-state index >= 15 is 0 Å². The first-order valence-electron chi connectivity index (χ1n) is 13.0. The number of benzene rings is 1. The fourth-order valence-electron chi connectivity index (χ4n) is 5.00. The maximum Gasteiger partial charge on any atom is 0.262 e. The Morgan fingerprint density at radius 3 is 2.79 bits per heavy atom. The van der Waals surface area contributed by atoms with Gasteiger partial charge >= 0.3 is 0 Å². The molecule has 0 amide bonds. The van der Waals surface area contributed by atoms with Crippen LogP contribution in [-0.2, 0) is 16.0 Å². The lowest BCUT2D eigenvalue weighted by atomic mass is 9.73. The fraction of sp³-hybridized carbons (Fsp3) is 0.556. The minimum atomic E-state index is -0.203.